The van der Waals surface area contributed by atoms with Crippen molar-refractivity contribution in [2.24, 2.45) is 0 Å². The minimum Gasteiger partial charge on any atom is -0.462 e. The summed E-state index contributed by atoms with van der Waals surface area (Å²) in [6.45, 7) is 6.32. The Morgan fingerprint density at radius 1 is 0.344 bits per heavy atom. The van der Waals surface area contributed by atoms with E-state index in [0.29, 0.717) is 12.8 Å². The number of unbranched alkanes of at least 4 members (excludes halogenated alkanes) is 20. The molecule has 0 amide bonds. The summed E-state index contributed by atoms with van der Waals surface area (Å²) in [6, 6.07) is 0. The first-order chi connectivity index (χ1) is 31.5. The smallest absolute Gasteiger partial charge is 0.310 e. The van der Waals surface area contributed by atoms with Crippen LogP contribution >= 0.6 is 0 Å². The molecular formula is C58H96O6. The van der Waals surface area contributed by atoms with E-state index in [4.69, 9.17) is 14.2 Å². The molecule has 0 aliphatic carbocycles. The van der Waals surface area contributed by atoms with E-state index in [1.54, 1.807) is 6.08 Å². The largest absolute Gasteiger partial charge is 0.462 e. The van der Waals surface area contributed by atoms with Gasteiger partial charge in [0.1, 0.15) is 13.2 Å². The van der Waals surface area contributed by atoms with Crippen molar-refractivity contribution in [2.75, 3.05) is 13.2 Å². The molecular weight excluding hydrogens is 793 g/mol. The summed E-state index contributed by atoms with van der Waals surface area (Å²) in [5, 5.41) is 0. The Morgan fingerprint density at radius 3 is 1.03 bits per heavy atom. The first-order valence-corrected chi connectivity index (χ1v) is 26.2. The van der Waals surface area contributed by atoms with Gasteiger partial charge in [-0.25, -0.2) is 0 Å². The number of carbonyl (C=O) groups excluding carboxylic acids is 3. The van der Waals surface area contributed by atoms with Gasteiger partial charge in [0.25, 0.3) is 0 Å². The fraction of sp³-hybridized carbons (Fsp3) is 0.672. The molecule has 0 radical (unpaired) electrons. The van der Waals surface area contributed by atoms with Crippen molar-refractivity contribution in [2.45, 2.75) is 239 Å². The van der Waals surface area contributed by atoms with E-state index < -0.39 is 12.1 Å². The molecule has 0 N–H and O–H groups in total. The molecule has 0 fully saturated rings. The van der Waals surface area contributed by atoms with E-state index in [1.165, 1.54) is 96.3 Å². The summed E-state index contributed by atoms with van der Waals surface area (Å²) >= 11 is 0. The first-order valence-electron chi connectivity index (χ1n) is 26.2. The summed E-state index contributed by atoms with van der Waals surface area (Å²) in [5.74, 6) is -1.06. The van der Waals surface area contributed by atoms with Crippen molar-refractivity contribution in [3.05, 3.63) is 97.2 Å². The van der Waals surface area contributed by atoms with Crippen LogP contribution in [0.5, 0.6) is 0 Å². The van der Waals surface area contributed by atoms with Crippen LogP contribution in [0, 0.1) is 0 Å². The first kappa shape index (κ1) is 60.3. The normalized spacial score (nSPS) is 12.9. The fourth-order valence-corrected chi connectivity index (χ4v) is 7.00. The second-order valence-corrected chi connectivity index (χ2v) is 17.0. The lowest BCUT2D eigenvalue weighted by atomic mass is 10.0. The Labute approximate surface area is 394 Å². The minimum atomic E-state index is -0.834. The van der Waals surface area contributed by atoms with Crippen molar-refractivity contribution in [3.8, 4) is 0 Å². The highest BCUT2D eigenvalue weighted by molar-refractivity contribution is 5.72. The van der Waals surface area contributed by atoms with Crippen LogP contribution in [-0.2, 0) is 28.6 Å². The summed E-state index contributed by atoms with van der Waals surface area (Å²) in [5.41, 5.74) is 0. The molecule has 0 saturated heterocycles. The van der Waals surface area contributed by atoms with Gasteiger partial charge in [0.2, 0.25) is 0 Å². The zero-order valence-corrected chi connectivity index (χ0v) is 41.5. The Balaban J connectivity index is 4.51. The van der Waals surface area contributed by atoms with E-state index in [-0.39, 0.29) is 31.6 Å². The number of allylic oxidation sites excluding steroid dienone is 15. The van der Waals surface area contributed by atoms with Gasteiger partial charge in [-0.15, -0.1) is 0 Å². The quantitative estimate of drug-likeness (QED) is 0.0262. The van der Waals surface area contributed by atoms with Crippen LogP contribution in [0.25, 0.3) is 0 Å². The van der Waals surface area contributed by atoms with Gasteiger partial charge in [0.05, 0.1) is 6.42 Å². The number of esters is 3. The highest BCUT2D eigenvalue weighted by Crippen LogP contribution is 2.15. The molecule has 0 aromatic carbocycles. The van der Waals surface area contributed by atoms with Crippen LogP contribution in [0.2, 0.25) is 0 Å². The van der Waals surface area contributed by atoms with Crippen molar-refractivity contribution in [3.63, 3.8) is 0 Å². The maximum atomic E-state index is 12.7. The fourth-order valence-electron chi connectivity index (χ4n) is 7.00. The lowest BCUT2D eigenvalue weighted by molar-refractivity contribution is -0.166. The third kappa shape index (κ3) is 49.3. The van der Waals surface area contributed by atoms with E-state index in [1.807, 2.05) is 6.08 Å². The molecule has 0 spiro atoms. The lowest BCUT2D eigenvalue weighted by Gasteiger charge is -2.18. The molecule has 0 rings (SSSR count). The molecule has 64 heavy (non-hydrogen) atoms. The van der Waals surface area contributed by atoms with E-state index >= 15 is 0 Å². The molecule has 364 valence electrons. The summed E-state index contributed by atoms with van der Waals surface area (Å²) < 4.78 is 16.7. The van der Waals surface area contributed by atoms with Crippen LogP contribution in [0.15, 0.2) is 97.2 Å². The zero-order chi connectivity index (χ0) is 46.5. The lowest BCUT2D eigenvalue weighted by Crippen LogP contribution is -2.30. The van der Waals surface area contributed by atoms with Crippen molar-refractivity contribution in [1.82, 2.24) is 0 Å². The highest BCUT2D eigenvalue weighted by Gasteiger charge is 2.19. The maximum absolute atomic E-state index is 12.7. The van der Waals surface area contributed by atoms with Crippen molar-refractivity contribution < 1.29 is 28.6 Å². The Hall–Kier alpha value is -3.67. The number of hydrogen-bond acceptors (Lipinski definition) is 6. The van der Waals surface area contributed by atoms with Gasteiger partial charge in [-0.2, -0.15) is 0 Å². The molecule has 0 heterocycles. The molecule has 0 aromatic heterocycles. The average Bonchev–Trinajstić information content (AvgIpc) is 3.29. The Kier molecular flexibility index (Phi) is 49.0. The Morgan fingerprint density at radius 2 is 0.656 bits per heavy atom. The number of ether oxygens (including phenoxy) is 3. The maximum Gasteiger partial charge on any atom is 0.310 e. The second-order valence-electron chi connectivity index (χ2n) is 17.0. The van der Waals surface area contributed by atoms with Gasteiger partial charge in [0.15, 0.2) is 6.10 Å². The van der Waals surface area contributed by atoms with Crippen molar-refractivity contribution in [1.29, 1.82) is 0 Å². The molecule has 0 bridgehead atoms. The van der Waals surface area contributed by atoms with Crippen LogP contribution in [0.3, 0.4) is 0 Å². The third-order valence-electron chi connectivity index (χ3n) is 10.9. The predicted octanol–water partition coefficient (Wildman–Crippen LogP) is 17.4. The number of carbonyl (C=O) groups is 3. The zero-order valence-electron chi connectivity index (χ0n) is 41.5. The molecule has 0 aliphatic rings. The van der Waals surface area contributed by atoms with E-state index in [2.05, 4.69) is 106 Å². The number of hydrogen-bond donors (Lipinski definition) is 0. The number of rotatable bonds is 46. The minimum absolute atomic E-state index is 0.0939. The van der Waals surface area contributed by atoms with Gasteiger partial charge in [-0.05, 0) is 77.0 Å². The topological polar surface area (TPSA) is 78.9 Å². The molecule has 0 aliphatic heterocycles. The van der Waals surface area contributed by atoms with E-state index in [9.17, 15) is 14.4 Å². The predicted molar refractivity (Wildman–Crippen MR) is 274 cm³/mol. The molecule has 0 saturated carbocycles. The second kappa shape index (κ2) is 52.0. The molecule has 6 heteroatoms. The highest BCUT2D eigenvalue weighted by atomic mass is 16.6. The monoisotopic (exact) mass is 889 g/mol. The molecule has 1 unspecified atom stereocenters. The summed E-state index contributed by atoms with van der Waals surface area (Å²) in [6.07, 6.45) is 68.4. The average molecular weight is 889 g/mol. The van der Waals surface area contributed by atoms with Gasteiger partial charge in [-0.3, -0.25) is 14.4 Å². The summed E-state index contributed by atoms with van der Waals surface area (Å²) in [7, 11) is 0. The van der Waals surface area contributed by atoms with Crippen LogP contribution in [0.1, 0.15) is 233 Å². The van der Waals surface area contributed by atoms with Gasteiger partial charge >= 0.3 is 17.9 Å². The van der Waals surface area contributed by atoms with Crippen LogP contribution in [0.4, 0.5) is 0 Å². The molecule has 0 aromatic rings. The standard InChI is InChI=1S/C58H96O6/c1-4-7-10-13-16-19-22-25-28-29-31-33-36-39-42-45-48-51-57(60)63-54-55(53-62-56(59)50-47-44-41-38-35-32-27-24-21-18-15-12-9-6-3)64-58(61)52-49-46-43-40-37-34-30-26-23-20-17-14-11-8-5-2/h7-8,10-11,16-17,19-20,25-26,28,30,37,40,46,49,55H,4-6,9,12-15,18,21-24,27,29,31-36,38-39,41-45,47-48,50-54H2,1-3H3/b10-7-,11-8-,19-16-,20-17-,28-25-,30-26-,40-37-,49-46-. The van der Waals surface area contributed by atoms with E-state index in [0.717, 1.165) is 96.3 Å². The Bertz CT molecular complexity index is 1300. The van der Waals surface area contributed by atoms with Gasteiger partial charge in [0, 0.05) is 12.8 Å². The third-order valence-corrected chi connectivity index (χ3v) is 10.9. The van der Waals surface area contributed by atoms with Gasteiger partial charge in [-0.1, -0.05) is 234 Å². The SMILES string of the molecule is CC/C=C\C/C=C\C/C=C\C/C=C\C/C=C\CC(=O)OC(COC(=O)CCCCCCCCC/C=C\C/C=C\C/C=C\CC)COC(=O)CCCCCCCCCCCCCCCC. The van der Waals surface area contributed by atoms with Crippen LogP contribution in [-0.4, -0.2) is 37.2 Å². The van der Waals surface area contributed by atoms with Crippen molar-refractivity contribution >= 4 is 17.9 Å². The van der Waals surface area contributed by atoms with Crippen LogP contribution < -0.4 is 0 Å². The van der Waals surface area contributed by atoms with Gasteiger partial charge < -0.3 is 14.2 Å². The molecule has 6 nitrogen and oxygen atoms in total. The summed E-state index contributed by atoms with van der Waals surface area (Å²) in [4.78, 5) is 38.0. The molecule has 1 atom stereocenters.